The molecule has 1 amide bonds. The summed E-state index contributed by atoms with van der Waals surface area (Å²) in [4.78, 5) is 20.0. The fourth-order valence-electron chi connectivity index (χ4n) is 1.24. The Bertz CT molecular complexity index is 497. The van der Waals surface area contributed by atoms with E-state index in [1.54, 1.807) is 0 Å². The highest BCUT2D eigenvalue weighted by atomic mass is 16.2. The summed E-state index contributed by atoms with van der Waals surface area (Å²) in [5.74, 6) is -0.280. The Morgan fingerprint density at radius 1 is 1.44 bits per heavy atom. The summed E-state index contributed by atoms with van der Waals surface area (Å²) in [5, 5.41) is 14.4. The van der Waals surface area contributed by atoms with Crippen LogP contribution in [0.2, 0.25) is 0 Å². The average molecular weight is 248 g/mol. The van der Waals surface area contributed by atoms with Crippen LogP contribution in [0.25, 0.3) is 0 Å². The third-order valence-corrected chi connectivity index (χ3v) is 1.91. The molecule has 0 atom stereocenters. The van der Waals surface area contributed by atoms with Gasteiger partial charge in [-0.2, -0.15) is 5.21 Å². The van der Waals surface area contributed by atoms with Crippen molar-refractivity contribution in [1.82, 2.24) is 36.0 Å². The van der Waals surface area contributed by atoms with Crippen molar-refractivity contribution in [2.75, 3.05) is 5.01 Å². The van der Waals surface area contributed by atoms with Crippen molar-refractivity contribution in [3.63, 3.8) is 0 Å². The van der Waals surface area contributed by atoms with E-state index in [9.17, 15) is 4.79 Å². The minimum atomic E-state index is -0.404. The second-order valence-electron chi connectivity index (χ2n) is 3.73. The van der Waals surface area contributed by atoms with Crippen LogP contribution in [0.5, 0.6) is 0 Å². The monoisotopic (exact) mass is 248 g/mol. The van der Waals surface area contributed by atoms with Gasteiger partial charge >= 0.3 is 0 Å². The number of amides is 1. The number of anilines is 1. The van der Waals surface area contributed by atoms with E-state index < -0.39 is 5.91 Å². The highest BCUT2D eigenvalue weighted by Crippen LogP contribution is 2.06. The Morgan fingerprint density at radius 2 is 2.28 bits per heavy atom. The van der Waals surface area contributed by atoms with Crippen molar-refractivity contribution in [2.24, 2.45) is 0 Å². The molecule has 0 aliphatic carbocycles. The zero-order chi connectivity index (χ0) is 13.0. The number of hydrogen-bond donors (Lipinski definition) is 2. The topological polar surface area (TPSA) is 113 Å². The van der Waals surface area contributed by atoms with Crippen molar-refractivity contribution >= 4 is 11.9 Å². The van der Waals surface area contributed by atoms with Crippen LogP contribution in [-0.2, 0) is 0 Å². The minimum absolute atomic E-state index is 0.0177. The van der Waals surface area contributed by atoms with Gasteiger partial charge in [-0.1, -0.05) is 5.10 Å². The third-order valence-electron chi connectivity index (χ3n) is 1.91. The van der Waals surface area contributed by atoms with Gasteiger partial charge in [-0.15, -0.1) is 5.10 Å². The molecule has 0 bridgehead atoms. The normalized spacial score (nSPS) is 10.6. The van der Waals surface area contributed by atoms with Crippen molar-refractivity contribution in [2.45, 2.75) is 19.9 Å². The van der Waals surface area contributed by atoms with Crippen LogP contribution in [0.1, 0.15) is 24.3 Å². The molecule has 9 heteroatoms. The number of tetrazole rings is 1. The van der Waals surface area contributed by atoms with E-state index in [0.717, 1.165) is 0 Å². The molecule has 2 rings (SSSR count). The molecule has 0 aromatic carbocycles. The zero-order valence-corrected chi connectivity index (χ0v) is 9.90. The molecular weight excluding hydrogens is 236 g/mol. The maximum absolute atomic E-state index is 12.2. The molecule has 94 valence electrons. The summed E-state index contributed by atoms with van der Waals surface area (Å²) in [5.41, 5.74) is 3.10. The van der Waals surface area contributed by atoms with Crippen LogP contribution >= 0.6 is 0 Å². The van der Waals surface area contributed by atoms with Gasteiger partial charge in [-0.3, -0.25) is 9.78 Å². The molecule has 0 saturated heterocycles. The first kappa shape index (κ1) is 12.0. The number of hydrogen-bond acceptors (Lipinski definition) is 7. The molecule has 0 radical (unpaired) electrons. The van der Waals surface area contributed by atoms with E-state index in [1.165, 1.54) is 23.6 Å². The molecule has 0 aliphatic heterocycles. The number of hydrazine groups is 1. The number of aromatic nitrogens is 6. The molecule has 2 aromatic heterocycles. The summed E-state index contributed by atoms with van der Waals surface area (Å²) in [7, 11) is 0. The minimum Gasteiger partial charge on any atom is -0.265 e. The lowest BCUT2D eigenvalue weighted by atomic mass is 10.4. The lowest BCUT2D eigenvalue weighted by molar-refractivity contribution is 0.0963. The van der Waals surface area contributed by atoms with E-state index in [4.69, 9.17) is 0 Å². The van der Waals surface area contributed by atoms with Crippen molar-refractivity contribution in [3.05, 3.63) is 24.3 Å². The molecule has 0 spiro atoms. The Hall–Kier alpha value is -2.42. The summed E-state index contributed by atoms with van der Waals surface area (Å²) in [6, 6.07) is 0.0177. The molecule has 2 aromatic rings. The molecule has 0 fully saturated rings. The lowest BCUT2D eigenvalue weighted by Crippen LogP contribution is -2.47. The first-order valence-corrected chi connectivity index (χ1v) is 5.28. The van der Waals surface area contributed by atoms with Crippen LogP contribution in [0.15, 0.2) is 18.6 Å². The molecule has 2 heterocycles. The number of nitrogens with one attached hydrogen (secondary N) is 2. The maximum atomic E-state index is 12.2. The van der Waals surface area contributed by atoms with E-state index in [2.05, 4.69) is 36.0 Å². The van der Waals surface area contributed by atoms with Crippen molar-refractivity contribution in [1.29, 1.82) is 0 Å². The molecule has 9 nitrogen and oxygen atoms in total. The molecule has 0 unspecified atom stereocenters. The van der Waals surface area contributed by atoms with Gasteiger partial charge in [0.2, 0.25) is 0 Å². The van der Waals surface area contributed by atoms with Gasteiger partial charge < -0.3 is 0 Å². The molecule has 18 heavy (non-hydrogen) atoms. The van der Waals surface area contributed by atoms with Gasteiger partial charge in [0.25, 0.3) is 11.9 Å². The second-order valence-corrected chi connectivity index (χ2v) is 3.73. The molecule has 2 N–H and O–H groups in total. The zero-order valence-electron chi connectivity index (χ0n) is 9.90. The van der Waals surface area contributed by atoms with Crippen LogP contribution in [0.3, 0.4) is 0 Å². The fourth-order valence-corrected chi connectivity index (χ4v) is 1.24. The van der Waals surface area contributed by atoms with Crippen LogP contribution in [-0.4, -0.2) is 42.5 Å². The number of rotatable bonds is 4. The smallest absolute Gasteiger partial charge is 0.265 e. The van der Waals surface area contributed by atoms with Crippen LogP contribution in [0.4, 0.5) is 5.95 Å². The average Bonchev–Trinajstić information content (AvgIpc) is 2.89. The van der Waals surface area contributed by atoms with Gasteiger partial charge in [-0.05, 0) is 19.1 Å². The van der Waals surface area contributed by atoms with Crippen molar-refractivity contribution in [3.8, 4) is 0 Å². The third kappa shape index (κ3) is 2.63. The van der Waals surface area contributed by atoms with Crippen LogP contribution in [0, 0.1) is 0 Å². The van der Waals surface area contributed by atoms with Crippen molar-refractivity contribution < 1.29 is 4.79 Å². The Balaban J connectivity index is 2.27. The second kappa shape index (κ2) is 5.27. The van der Waals surface area contributed by atoms with Gasteiger partial charge in [0.15, 0.2) is 0 Å². The maximum Gasteiger partial charge on any atom is 0.295 e. The number of nitrogens with zero attached hydrogens (tertiary/aromatic N) is 6. The number of H-pyrrole nitrogens is 1. The first-order valence-electron chi connectivity index (χ1n) is 5.28. The van der Waals surface area contributed by atoms with Gasteiger partial charge in [0.1, 0.15) is 5.69 Å². The number of aromatic amines is 1. The lowest BCUT2D eigenvalue weighted by Gasteiger charge is -2.21. The summed E-state index contributed by atoms with van der Waals surface area (Å²) >= 11 is 0. The quantitative estimate of drug-likeness (QED) is 0.704. The Kier molecular flexibility index (Phi) is 3.53. The van der Waals surface area contributed by atoms with E-state index in [0.29, 0.717) is 0 Å². The van der Waals surface area contributed by atoms with Gasteiger partial charge in [0.05, 0.1) is 6.20 Å². The van der Waals surface area contributed by atoms with E-state index in [1.807, 2.05) is 13.8 Å². The van der Waals surface area contributed by atoms with Crippen LogP contribution < -0.4 is 10.4 Å². The predicted octanol–water partition coefficient (Wildman–Crippen LogP) is -0.451. The SMILES string of the molecule is CC(C)NN(C(=O)c1cnccn1)c1nn[nH]n1. The van der Waals surface area contributed by atoms with E-state index in [-0.39, 0.29) is 17.7 Å². The predicted molar refractivity (Wildman–Crippen MR) is 61.3 cm³/mol. The van der Waals surface area contributed by atoms with E-state index >= 15 is 0 Å². The number of carbonyl (C=O) groups excluding carboxylic acids is 1. The summed E-state index contributed by atoms with van der Waals surface area (Å²) in [6.45, 7) is 3.77. The fraction of sp³-hybridized carbons (Fsp3) is 0.333. The number of carbonyl (C=O) groups is 1. The van der Waals surface area contributed by atoms with Gasteiger partial charge in [0, 0.05) is 18.4 Å². The first-order chi connectivity index (χ1) is 8.68. The summed E-state index contributed by atoms with van der Waals surface area (Å²) < 4.78 is 0. The highest BCUT2D eigenvalue weighted by molar-refractivity contribution is 6.02. The van der Waals surface area contributed by atoms with Gasteiger partial charge in [-0.25, -0.2) is 15.4 Å². The largest absolute Gasteiger partial charge is 0.295 e. The highest BCUT2D eigenvalue weighted by Gasteiger charge is 2.23. The Morgan fingerprint density at radius 3 is 2.83 bits per heavy atom. The summed E-state index contributed by atoms with van der Waals surface area (Å²) in [6.07, 6.45) is 4.31. The standard InChI is InChI=1S/C9H12N8O/c1-6(2)14-17(9-12-15-16-13-9)8(18)7-5-10-3-4-11-7/h3-6,14H,1-2H3,(H,12,13,15,16). The molecule has 0 aliphatic rings. The molecular formula is C9H12N8O. The molecule has 0 saturated carbocycles. The Labute approximate surface area is 103 Å².